The second-order valence-corrected chi connectivity index (χ2v) is 4.59. The molecule has 0 amide bonds. The number of benzene rings is 1. The Kier molecular flexibility index (Phi) is 3.38. The van der Waals surface area contributed by atoms with E-state index < -0.39 is 0 Å². The Hall–Kier alpha value is -1.48. The standard InChI is InChI=1S/C13H16ClN3/c1-3-6-17-12(8-16-13(17)15)11-5-4-10(14)7-9(11)2/h3-5,7,12H,1,6,8H2,2H3,(H2,15,16). The number of aliphatic imine (C=N–C) groups is 1. The van der Waals surface area contributed by atoms with Crippen LogP contribution in [0.3, 0.4) is 0 Å². The van der Waals surface area contributed by atoms with Gasteiger partial charge in [-0.3, -0.25) is 4.99 Å². The highest BCUT2D eigenvalue weighted by atomic mass is 35.5. The molecule has 0 saturated carbocycles. The number of hydrogen-bond acceptors (Lipinski definition) is 3. The number of aryl methyl sites for hydroxylation is 1. The minimum atomic E-state index is 0.199. The van der Waals surface area contributed by atoms with Crippen molar-refractivity contribution in [2.75, 3.05) is 13.1 Å². The van der Waals surface area contributed by atoms with Gasteiger partial charge in [0.05, 0.1) is 12.6 Å². The van der Waals surface area contributed by atoms with Crippen molar-refractivity contribution >= 4 is 17.6 Å². The summed E-state index contributed by atoms with van der Waals surface area (Å²) in [7, 11) is 0. The summed E-state index contributed by atoms with van der Waals surface area (Å²) in [4.78, 5) is 6.36. The van der Waals surface area contributed by atoms with Gasteiger partial charge in [-0.25, -0.2) is 0 Å². The summed E-state index contributed by atoms with van der Waals surface area (Å²) in [5, 5.41) is 0.758. The van der Waals surface area contributed by atoms with Gasteiger partial charge in [0.2, 0.25) is 0 Å². The first-order valence-electron chi connectivity index (χ1n) is 5.57. The number of hydrogen-bond donors (Lipinski definition) is 1. The van der Waals surface area contributed by atoms with Crippen molar-refractivity contribution in [3.63, 3.8) is 0 Å². The van der Waals surface area contributed by atoms with E-state index >= 15 is 0 Å². The highest BCUT2D eigenvalue weighted by Crippen LogP contribution is 2.29. The molecule has 1 atom stereocenters. The van der Waals surface area contributed by atoms with Gasteiger partial charge in [0.1, 0.15) is 0 Å². The molecule has 1 aliphatic heterocycles. The molecular weight excluding hydrogens is 234 g/mol. The molecule has 0 aromatic heterocycles. The van der Waals surface area contributed by atoms with Gasteiger partial charge in [-0.15, -0.1) is 6.58 Å². The first-order valence-corrected chi connectivity index (χ1v) is 5.94. The second kappa shape index (κ2) is 4.80. The molecule has 4 heteroatoms. The Labute approximate surface area is 107 Å². The van der Waals surface area contributed by atoms with Gasteiger partial charge in [0.25, 0.3) is 0 Å². The lowest BCUT2D eigenvalue weighted by molar-refractivity contribution is 0.379. The predicted molar refractivity (Wildman–Crippen MR) is 72.3 cm³/mol. The third kappa shape index (κ3) is 2.29. The topological polar surface area (TPSA) is 41.6 Å². The molecule has 2 rings (SSSR count). The van der Waals surface area contributed by atoms with E-state index in [9.17, 15) is 0 Å². The van der Waals surface area contributed by atoms with Crippen LogP contribution in [-0.4, -0.2) is 23.9 Å². The smallest absolute Gasteiger partial charge is 0.192 e. The van der Waals surface area contributed by atoms with E-state index in [-0.39, 0.29) is 6.04 Å². The minimum absolute atomic E-state index is 0.199. The SMILES string of the molecule is C=CCN1C(N)=NCC1c1ccc(Cl)cc1C. The van der Waals surface area contributed by atoms with Crippen LogP contribution in [0.25, 0.3) is 0 Å². The molecule has 90 valence electrons. The molecule has 1 aromatic rings. The van der Waals surface area contributed by atoms with Crippen LogP contribution in [0.4, 0.5) is 0 Å². The molecule has 1 heterocycles. The molecular formula is C13H16ClN3. The zero-order valence-corrected chi connectivity index (χ0v) is 10.6. The fraction of sp³-hybridized carbons (Fsp3) is 0.308. The third-order valence-corrected chi connectivity index (χ3v) is 3.25. The van der Waals surface area contributed by atoms with Crippen LogP contribution >= 0.6 is 11.6 Å². The van der Waals surface area contributed by atoms with E-state index in [4.69, 9.17) is 17.3 Å². The summed E-state index contributed by atoms with van der Waals surface area (Å²) in [6.45, 7) is 7.21. The third-order valence-electron chi connectivity index (χ3n) is 3.01. The van der Waals surface area contributed by atoms with E-state index in [1.165, 1.54) is 11.1 Å². The van der Waals surface area contributed by atoms with E-state index in [0.29, 0.717) is 19.0 Å². The average Bonchev–Trinajstić information content (AvgIpc) is 2.62. The summed E-state index contributed by atoms with van der Waals surface area (Å²) < 4.78 is 0. The van der Waals surface area contributed by atoms with Crippen molar-refractivity contribution in [3.8, 4) is 0 Å². The summed E-state index contributed by atoms with van der Waals surface area (Å²) in [6.07, 6.45) is 1.84. The van der Waals surface area contributed by atoms with Crippen LogP contribution in [0.15, 0.2) is 35.8 Å². The number of nitrogens with zero attached hydrogens (tertiary/aromatic N) is 2. The molecule has 3 nitrogen and oxygen atoms in total. The van der Waals surface area contributed by atoms with Gasteiger partial charge in [0.15, 0.2) is 5.96 Å². The first kappa shape index (κ1) is 12.0. The maximum absolute atomic E-state index is 5.97. The summed E-state index contributed by atoms with van der Waals surface area (Å²) in [5.74, 6) is 0.587. The van der Waals surface area contributed by atoms with Crippen molar-refractivity contribution in [1.82, 2.24) is 4.90 Å². The largest absolute Gasteiger partial charge is 0.370 e. The highest BCUT2D eigenvalue weighted by molar-refractivity contribution is 6.30. The highest BCUT2D eigenvalue weighted by Gasteiger charge is 2.27. The average molecular weight is 250 g/mol. The van der Waals surface area contributed by atoms with Crippen LogP contribution in [0.1, 0.15) is 17.2 Å². The van der Waals surface area contributed by atoms with Crippen LogP contribution in [-0.2, 0) is 0 Å². The molecule has 0 radical (unpaired) electrons. The van der Waals surface area contributed by atoms with Crippen molar-refractivity contribution < 1.29 is 0 Å². The molecule has 0 saturated heterocycles. The van der Waals surface area contributed by atoms with Crippen molar-refractivity contribution in [2.24, 2.45) is 10.7 Å². The van der Waals surface area contributed by atoms with Crippen molar-refractivity contribution in [3.05, 3.63) is 47.0 Å². The fourth-order valence-corrected chi connectivity index (χ4v) is 2.39. The van der Waals surface area contributed by atoms with E-state index in [1.807, 2.05) is 24.3 Å². The van der Waals surface area contributed by atoms with Crippen LogP contribution in [0, 0.1) is 6.92 Å². The first-order chi connectivity index (χ1) is 8.13. The normalized spacial score (nSPS) is 19.3. The molecule has 1 unspecified atom stereocenters. The van der Waals surface area contributed by atoms with Gasteiger partial charge in [0, 0.05) is 11.6 Å². The van der Waals surface area contributed by atoms with Gasteiger partial charge in [-0.2, -0.15) is 0 Å². The second-order valence-electron chi connectivity index (χ2n) is 4.16. The minimum Gasteiger partial charge on any atom is -0.370 e. The lowest BCUT2D eigenvalue weighted by Crippen LogP contribution is -2.36. The Morgan fingerprint density at radius 1 is 1.65 bits per heavy atom. The van der Waals surface area contributed by atoms with Gasteiger partial charge in [-0.1, -0.05) is 23.7 Å². The number of guanidine groups is 1. The molecule has 17 heavy (non-hydrogen) atoms. The lowest BCUT2D eigenvalue weighted by Gasteiger charge is -2.26. The molecule has 1 aromatic carbocycles. The van der Waals surface area contributed by atoms with Crippen molar-refractivity contribution in [1.29, 1.82) is 0 Å². The van der Waals surface area contributed by atoms with E-state index in [1.54, 1.807) is 0 Å². The number of halogens is 1. The Bertz CT molecular complexity index is 468. The van der Waals surface area contributed by atoms with Gasteiger partial charge >= 0.3 is 0 Å². The van der Waals surface area contributed by atoms with Crippen LogP contribution in [0.5, 0.6) is 0 Å². The zero-order chi connectivity index (χ0) is 12.4. The summed E-state index contributed by atoms with van der Waals surface area (Å²) in [5.41, 5.74) is 8.27. The van der Waals surface area contributed by atoms with Crippen molar-refractivity contribution in [2.45, 2.75) is 13.0 Å². The van der Waals surface area contributed by atoms with Crippen LogP contribution in [0.2, 0.25) is 5.02 Å². The molecule has 0 aliphatic carbocycles. The maximum Gasteiger partial charge on any atom is 0.192 e. The molecule has 1 aliphatic rings. The summed E-state index contributed by atoms with van der Waals surface area (Å²) in [6, 6.07) is 6.12. The van der Waals surface area contributed by atoms with Gasteiger partial charge in [-0.05, 0) is 30.2 Å². The zero-order valence-electron chi connectivity index (χ0n) is 9.86. The molecule has 0 fully saturated rings. The summed E-state index contributed by atoms with van der Waals surface area (Å²) >= 11 is 5.97. The molecule has 0 spiro atoms. The Morgan fingerprint density at radius 3 is 3.06 bits per heavy atom. The number of rotatable bonds is 3. The van der Waals surface area contributed by atoms with Gasteiger partial charge < -0.3 is 10.6 Å². The Morgan fingerprint density at radius 2 is 2.41 bits per heavy atom. The monoisotopic (exact) mass is 249 g/mol. The predicted octanol–water partition coefficient (Wildman–Crippen LogP) is 2.51. The maximum atomic E-state index is 5.97. The van der Waals surface area contributed by atoms with E-state index in [0.717, 1.165) is 5.02 Å². The van der Waals surface area contributed by atoms with E-state index in [2.05, 4.69) is 23.4 Å². The molecule has 0 bridgehead atoms. The molecule has 2 N–H and O–H groups in total. The van der Waals surface area contributed by atoms with Crippen LogP contribution < -0.4 is 5.73 Å². The lowest BCUT2D eigenvalue weighted by atomic mass is 10.0. The quantitative estimate of drug-likeness (QED) is 0.837. The fourth-order valence-electron chi connectivity index (χ4n) is 2.17. The Balaban J connectivity index is 2.31. The number of nitrogens with two attached hydrogens (primary N) is 1.